The number of nitrogens with zero attached hydrogens (tertiary/aromatic N) is 6. The molecule has 4 aromatic rings. The molecule has 2 saturated heterocycles. The first-order valence-electron chi connectivity index (χ1n) is 16.1. The minimum absolute atomic E-state index is 0.0765. The van der Waals surface area contributed by atoms with E-state index in [-0.39, 0.29) is 56.0 Å². The van der Waals surface area contributed by atoms with E-state index in [1.807, 2.05) is 29.1 Å². The lowest BCUT2D eigenvalue weighted by Gasteiger charge is -2.32. The molecule has 2 unspecified atom stereocenters. The zero-order valence-corrected chi connectivity index (χ0v) is 28.0. The number of hydrogen-bond donors (Lipinski definition) is 2. The zero-order chi connectivity index (χ0) is 34.2. The Morgan fingerprint density at radius 3 is 2.67 bits per heavy atom. The molecule has 3 aliphatic heterocycles. The van der Waals surface area contributed by atoms with Crippen molar-refractivity contribution in [1.29, 1.82) is 0 Å². The molecular formula is C34H33BrN8O6. The smallest absolute Gasteiger partial charge is 0.258 e. The Bertz CT molecular complexity index is 1990. The number of rotatable bonds is 9. The van der Waals surface area contributed by atoms with Gasteiger partial charge in [0.05, 0.1) is 29.6 Å². The van der Waals surface area contributed by atoms with Gasteiger partial charge in [0.25, 0.3) is 11.8 Å². The number of carbonyl (C=O) groups is 5. The fourth-order valence-electron chi connectivity index (χ4n) is 6.65. The SMILES string of the molecule is NC(=O)C(CCC(=O)N1CCC(n2cc(-c3cnc4cccc(Br)c4n3)cn2)CC1)Oc1ccc2c(c1)CN(C1CCC(=O)NC1=O)C2=O. The van der Waals surface area contributed by atoms with E-state index in [2.05, 4.69) is 31.3 Å². The number of aromatic nitrogens is 4. The number of imide groups is 1. The van der Waals surface area contributed by atoms with Crippen molar-refractivity contribution in [3.63, 3.8) is 0 Å². The lowest BCUT2D eigenvalue weighted by molar-refractivity contribution is -0.137. The van der Waals surface area contributed by atoms with E-state index in [1.54, 1.807) is 35.5 Å². The van der Waals surface area contributed by atoms with Crippen LogP contribution in [0.25, 0.3) is 22.3 Å². The number of nitrogens with two attached hydrogens (primary N) is 1. The van der Waals surface area contributed by atoms with Crippen molar-refractivity contribution in [2.75, 3.05) is 13.1 Å². The third-order valence-electron chi connectivity index (χ3n) is 9.32. The molecule has 14 nitrogen and oxygen atoms in total. The Kier molecular flexibility index (Phi) is 8.84. The molecule has 3 aliphatic rings. The van der Waals surface area contributed by atoms with Gasteiger partial charge in [-0.05, 0) is 71.1 Å². The largest absolute Gasteiger partial charge is 0.481 e. The number of amides is 5. The molecule has 7 rings (SSSR count). The van der Waals surface area contributed by atoms with Crippen LogP contribution in [0.1, 0.15) is 60.5 Å². The Balaban J connectivity index is 0.918. The molecule has 2 atom stereocenters. The molecule has 5 heterocycles. The van der Waals surface area contributed by atoms with Crippen LogP contribution in [-0.4, -0.2) is 84.3 Å². The number of likely N-dealkylation sites (tertiary alicyclic amines) is 1. The maximum Gasteiger partial charge on any atom is 0.258 e. The molecule has 0 spiro atoms. The van der Waals surface area contributed by atoms with E-state index in [0.29, 0.717) is 30.0 Å². The van der Waals surface area contributed by atoms with Crippen LogP contribution in [0.5, 0.6) is 5.75 Å². The van der Waals surface area contributed by atoms with Crippen molar-refractivity contribution >= 4 is 56.5 Å². The second-order valence-corrected chi connectivity index (χ2v) is 13.3. The highest BCUT2D eigenvalue weighted by Crippen LogP contribution is 2.31. The number of hydrogen-bond acceptors (Lipinski definition) is 9. The normalized spacial score (nSPS) is 18.8. The summed E-state index contributed by atoms with van der Waals surface area (Å²) < 4.78 is 8.71. The molecule has 2 fully saturated rings. The molecule has 5 amide bonds. The van der Waals surface area contributed by atoms with E-state index in [1.165, 1.54) is 4.90 Å². The van der Waals surface area contributed by atoms with Crippen LogP contribution < -0.4 is 15.8 Å². The molecule has 3 N–H and O–H groups in total. The van der Waals surface area contributed by atoms with Crippen molar-refractivity contribution in [3.8, 4) is 17.0 Å². The number of para-hydroxylation sites is 1. The van der Waals surface area contributed by atoms with Crippen LogP contribution in [0.4, 0.5) is 0 Å². The molecule has 2 aromatic carbocycles. The predicted molar refractivity (Wildman–Crippen MR) is 179 cm³/mol. The average Bonchev–Trinajstić information content (AvgIpc) is 3.71. The quantitative estimate of drug-likeness (QED) is 0.245. The van der Waals surface area contributed by atoms with Gasteiger partial charge in [0.15, 0.2) is 6.10 Å². The standard InChI is InChI=1S/C34H33BrN8O6/c35-24-2-1-3-25-31(24)39-26(16-37-25)20-15-38-43(18-20)21-10-12-41(13-11-21)30(45)9-7-28(32(36)46)49-22-4-5-23-19(14-22)17-42(34(23)48)27-6-8-29(44)40-33(27)47/h1-5,14-16,18,21,27-28H,6-13,17H2,(H2,36,46)(H,40,44,47). The van der Waals surface area contributed by atoms with Gasteiger partial charge in [0, 0.05) is 60.7 Å². The van der Waals surface area contributed by atoms with Crippen molar-refractivity contribution in [2.45, 2.75) is 63.3 Å². The first kappa shape index (κ1) is 32.4. The van der Waals surface area contributed by atoms with Gasteiger partial charge < -0.3 is 20.3 Å². The maximum atomic E-state index is 13.1. The van der Waals surface area contributed by atoms with E-state index in [0.717, 1.165) is 39.6 Å². The van der Waals surface area contributed by atoms with Crippen LogP contribution in [-0.2, 0) is 25.7 Å². The highest BCUT2D eigenvalue weighted by molar-refractivity contribution is 9.10. The van der Waals surface area contributed by atoms with E-state index in [4.69, 9.17) is 15.5 Å². The summed E-state index contributed by atoms with van der Waals surface area (Å²) in [6.45, 7) is 1.26. The average molecular weight is 730 g/mol. The molecule has 15 heteroatoms. The van der Waals surface area contributed by atoms with Crippen molar-refractivity contribution in [3.05, 3.63) is 70.6 Å². The van der Waals surface area contributed by atoms with E-state index >= 15 is 0 Å². The Morgan fingerprint density at radius 2 is 1.90 bits per heavy atom. The number of primary amides is 1. The summed E-state index contributed by atoms with van der Waals surface area (Å²) in [7, 11) is 0. The highest BCUT2D eigenvalue weighted by Gasteiger charge is 2.39. The maximum absolute atomic E-state index is 13.1. The summed E-state index contributed by atoms with van der Waals surface area (Å²) in [4.78, 5) is 74.8. The van der Waals surface area contributed by atoms with Crippen molar-refractivity contribution in [1.82, 2.24) is 34.9 Å². The number of carbonyl (C=O) groups excluding carboxylic acids is 5. The molecular weight excluding hydrogens is 696 g/mol. The van der Waals surface area contributed by atoms with Gasteiger partial charge in [-0.2, -0.15) is 5.10 Å². The summed E-state index contributed by atoms with van der Waals surface area (Å²) in [5, 5.41) is 6.87. The number of ether oxygens (including phenoxy) is 1. The molecule has 2 aromatic heterocycles. The number of piperidine rings is 2. The molecule has 49 heavy (non-hydrogen) atoms. The van der Waals surface area contributed by atoms with Crippen LogP contribution in [0.15, 0.2) is 59.5 Å². The molecule has 0 saturated carbocycles. The molecule has 0 radical (unpaired) electrons. The number of halogens is 1. The number of fused-ring (bicyclic) bond motifs is 2. The fourth-order valence-corrected chi connectivity index (χ4v) is 7.09. The monoisotopic (exact) mass is 728 g/mol. The third-order valence-corrected chi connectivity index (χ3v) is 9.96. The Hall–Kier alpha value is -5.18. The van der Waals surface area contributed by atoms with Crippen molar-refractivity contribution < 1.29 is 28.7 Å². The summed E-state index contributed by atoms with van der Waals surface area (Å²) in [6.07, 6.45) is 6.47. The van der Waals surface area contributed by atoms with E-state index < -0.39 is 24.0 Å². The number of nitrogens with one attached hydrogen (secondary N) is 1. The van der Waals surface area contributed by atoms with Gasteiger partial charge >= 0.3 is 0 Å². The van der Waals surface area contributed by atoms with Gasteiger partial charge in [-0.1, -0.05) is 6.07 Å². The van der Waals surface area contributed by atoms with Crippen LogP contribution in [0, 0.1) is 0 Å². The summed E-state index contributed by atoms with van der Waals surface area (Å²) in [5.74, 6) is -1.62. The molecule has 0 bridgehead atoms. The highest BCUT2D eigenvalue weighted by atomic mass is 79.9. The first-order valence-corrected chi connectivity index (χ1v) is 16.9. The Morgan fingerprint density at radius 1 is 1.08 bits per heavy atom. The summed E-state index contributed by atoms with van der Waals surface area (Å²) in [5.41, 5.74) is 9.89. The topological polar surface area (TPSA) is 183 Å². The summed E-state index contributed by atoms with van der Waals surface area (Å²) in [6, 6.07) is 9.95. The van der Waals surface area contributed by atoms with Crippen LogP contribution in [0.2, 0.25) is 0 Å². The van der Waals surface area contributed by atoms with Gasteiger partial charge in [-0.25, -0.2) is 4.98 Å². The minimum atomic E-state index is -1.05. The predicted octanol–water partition coefficient (Wildman–Crippen LogP) is 2.89. The van der Waals surface area contributed by atoms with Gasteiger partial charge in [0.2, 0.25) is 17.7 Å². The van der Waals surface area contributed by atoms with Gasteiger partial charge in [-0.15, -0.1) is 0 Å². The van der Waals surface area contributed by atoms with Crippen molar-refractivity contribution in [2.24, 2.45) is 5.73 Å². The minimum Gasteiger partial charge on any atom is -0.481 e. The van der Waals surface area contributed by atoms with Crippen LogP contribution >= 0.6 is 15.9 Å². The van der Waals surface area contributed by atoms with Crippen LogP contribution in [0.3, 0.4) is 0 Å². The zero-order valence-electron chi connectivity index (χ0n) is 26.4. The lowest BCUT2D eigenvalue weighted by Crippen LogP contribution is -2.52. The lowest BCUT2D eigenvalue weighted by atomic mass is 10.0. The Labute approximate surface area is 289 Å². The second-order valence-electron chi connectivity index (χ2n) is 12.5. The van der Waals surface area contributed by atoms with Gasteiger partial charge in [-0.3, -0.25) is 39.0 Å². The number of benzene rings is 2. The summed E-state index contributed by atoms with van der Waals surface area (Å²) >= 11 is 3.54. The fraction of sp³-hybridized carbons (Fsp3) is 0.353. The molecule has 252 valence electrons. The molecule has 0 aliphatic carbocycles. The van der Waals surface area contributed by atoms with E-state index in [9.17, 15) is 24.0 Å². The second kappa shape index (κ2) is 13.4. The van der Waals surface area contributed by atoms with Gasteiger partial charge in [0.1, 0.15) is 17.3 Å². The third kappa shape index (κ3) is 6.62. The first-order chi connectivity index (χ1) is 23.6.